The standard InChI is InChI=1S/2C18H30O3S.Pb/c2*1-2-3-4-5-6-7-8-9-10-11-14-17-15-12-13-16-18(17)22(19,20)21;/h2*12-13,15-16H,2-11,14H2,1H3,(H,19,20,21);/q;;+2/p-2. The Morgan fingerprint density at radius 3 is 0.933 bits per heavy atom. The molecule has 0 N–H and O–H groups in total. The van der Waals surface area contributed by atoms with Crippen molar-refractivity contribution in [2.45, 2.75) is 165 Å². The molecule has 0 unspecified atom stereocenters. The number of benzene rings is 2. The molecule has 2 rings (SSSR count). The molecule has 2 aromatic carbocycles. The third-order valence-electron chi connectivity index (χ3n) is 8.08. The van der Waals surface area contributed by atoms with Gasteiger partial charge in [0.05, 0.1) is 9.79 Å². The molecule has 45 heavy (non-hydrogen) atoms. The zero-order valence-electron chi connectivity index (χ0n) is 27.9. The third kappa shape index (κ3) is 22.4. The summed E-state index contributed by atoms with van der Waals surface area (Å²) in [7, 11) is -8.69. The fourth-order valence-electron chi connectivity index (χ4n) is 5.51. The van der Waals surface area contributed by atoms with E-state index in [4.69, 9.17) is 0 Å². The predicted octanol–water partition coefficient (Wildman–Crippen LogP) is 9.73. The molecule has 2 radical (unpaired) electrons. The van der Waals surface area contributed by atoms with Crippen LogP contribution in [0.25, 0.3) is 0 Å². The molecule has 2 aromatic rings. The zero-order chi connectivity index (χ0) is 32.5. The molecule has 0 aromatic heterocycles. The van der Waals surface area contributed by atoms with E-state index in [9.17, 15) is 25.9 Å². The Morgan fingerprint density at radius 1 is 0.422 bits per heavy atom. The van der Waals surface area contributed by atoms with Crippen molar-refractivity contribution in [3.05, 3.63) is 59.7 Å². The van der Waals surface area contributed by atoms with Crippen LogP contribution in [0.3, 0.4) is 0 Å². The van der Waals surface area contributed by atoms with Gasteiger partial charge in [0.25, 0.3) is 0 Å². The van der Waals surface area contributed by atoms with Crippen LogP contribution >= 0.6 is 0 Å². The number of hydrogen-bond acceptors (Lipinski definition) is 6. The second-order valence-electron chi connectivity index (χ2n) is 12.0. The first kappa shape index (κ1) is 44.2. The van der Waals surface area contributed by atoms with E-state index in [1.54, 1.807) is 36.4 Å². The molecular formula is C36H58O6PbS2. The van der Waals surface area contributed by atoms with E-state index in [0.717, 1.165) is 25.7 Å². The molecule has 0 atom stereocenters. The fourth-order valence-corrected chi connectivity index (χ4v) is 6.99. The monoisotopic (exact) mass is 858 g/mol. The van der Waals surface area contributed by atoms with Crippen LogP contribution in [-0.4, -0.2) is 53.2 Å². The minimum Gasteiger partial charge on any atom is -0.744 e. The van der Waals surface area contributed by atoms with Crippen molar-refractivity contribution < 1.29 is 25.9 Å². The summed E-state index contributed by atoms with van der Waals surface area (Å²) >= 11 is 0. The van der Waals surface area contributed by atoms with Crippen molar-refractivity contribution in [2.75, 3.05) is 0 Å². The van der Waals surface area contributed by atoms with Crippen LogP contribution in [-0.2, 0) is 33.1 Å². The van der Waals surface area contributed by atoms with Crippen LogP contribution in [0.4, 0.5) is 0 Å². The van der Waals surface area contributed by atoms with Gasteiger partial charge < -0.3 is 9.11 Å². The van der Waals surface area contributed by atoms with E-state index in [-0.39, 0.29) is 37.1 Å². The van der Waals surface area contributed by atoms with Crippen molar-refractivity contribution in [2.24, 2.45) is 0 Å². The largest absolute Gasteiger partial charge is 2.00 e. The van der Waals surface area contributed by atoms with Crippen molar-refractivity contribution in [3.8, 4) is 0 Å². The SMILES string of the molecule is CCCCCCCCCCCCc1ccccc1S(=O)(=O)[O-].CCCCCCCCCCCCc1ccccc1S(=O)(=O)[O-].[Pb+2]. The summed E-state index contributed by atoms with van der Waals surface area (Å²) in [5.41, 5.74) is 1.33. The first-order chi connectivity index (χ1) is 21.1. The summed E-state index contributed by atoms with van der Waals surface area (Å²) in [6.45, 7) is 4.46. The normalized spacial score (nSPS) is 11.5. The summed E-state index contributed by atoms with van der Waals surface area (Å²) in [6.07, 6.45) is 26.3. The van der Waals surface area contributed by atoms with Crippen LogP contribution in [0.15, 0.2) is 58.3 Å². The van der Waals surface area contributed by atoms with Gasteiger partial charge in [0.2, 0.25) is 0 Å². The number of rotatable bonds is 24. The van der Waals surface area contributed by atoms with Gasteiger partial charge in [-0.1, -0.05) is 166 Å². The van der Waals surface area contributed by atoms with Crippen LogP contribution in [0.5, 0.6) is 0 Å². The maximum absolute atomic E-state index is 11.2. The summed E-state index contributed by atoms with van der Waals surface area (Å²) < 4.78 is 67.1. The predicted molar refractivity (Wildman–Crippen MR) is 186 cm³/mol. The average Bonchev–Trinajstić information content (AvgIpc) is 2.99. The van der Waals surface area contributed by atoms with E-state index in [2.05, 4.69) is 13.8 Å². The van der Waals surface area contributed by atoms with Crippen LogP contribution in [0.2, 0.25) is 0 Å². The van der Waals surface area contributed by atoms with Gasteiger partial charge in [-0.25, -0.2) is 16.8 Å². The van der Waals surface area contributed by atoms with Gasteiger partial charge >= 0.3 is 27.3 Å². The summed E-state index contributed by atoms with van der Waals surface area (Å²) in [6, 6.07) is 13.1. The molecular weight excluding hydrogens is 800 g/mol. The summed E-state index contributed by atoms with van der Waals surface area (Å²) in [5.74, 6) is 0. The van der Waals surface area contributed by atoms with Crippen LogP contribution in [0, 0.1) is 0 Å². The molecule has 0 aliphatic rings. The zero-order valence-corrected chi connectivity index (χ0v) is 33.5. The maximum atomic E-state index is 11.2. The molecule has 0 heterocycles. The Kier molecular flexibility index (Phi) is 26.7. The topological polar surface area (TPSA) is 114 Å². The van der Waals surface area contributed by atoms with Crippen LogP contribution in [0.1, 0.15) is 153 Å². The first-order valence-corrected chi connectivity index (χ1v) is 20.0. The molecule has 0 bridgehead atoms. The number of unbranched alkanes of at least 4 members (excludes halogenated alkanes) is 18. The molecule has 6 nitrogen and oxygen atoms in total. The summed E-state index contributed by atoms with van der Waals surface area (Å²) in [4.78, 5) is -0.100. The molecule has 0 saturated carbocycles. The van der Waals surface area contributed by atoms with Crippen molar-refractivity contribution in [3.63, 3.8) is 0 Å². The fraction of sp³-hybridized carbons (Fsp3) is 0.667. The molecule has 0 fully saturated rings. The molecule has 0 saturated heterocycles. The summed E-state index contributed by atoms with van der Waals surface area (Å²) in [5, 5.41) is 0. The number of aryl methyl sites for hydroxylation is 2. The molecule has 0 aliphatic heterocycles. The molecule has 9 heteroatoms. The van der Waals surface area contributed by atoms with E-state index < -0.39 is 20.2 Å². The van der Waals surface area contributed by atoms with E-state index in [0.29, 0.717) is 24.0 Å². The molecule has 0 spiro atoms. The van der Waals surface area contributed by atoms with Crippen LogP contribution < -0.4 is 0 Å². The molecule has 0 amide bonds. The van der Waals surface area contributed by atoms with E-state index >= 15 is 0 Å². The van der Waals surface area contributed by atoms with Gasteiger partial charge in [-0.15, -0.1) is 0 Å². The van der Waals surface area contributed by atoms with Gasteiger partial charge in [-0.3, -0.25) is 0 Å². The third-order valence-corrected chi connectivity index (χ3v) is 9.96. The second-order valence-corrected chi connectivity index (χ2v) is 14.7. The molecule has 254 valence electrons. The van der Waals surface area contributed by atoms with Gasteiger partial charge in [0.15, 0.2) is 0 Å². The number of hydrogen-bond donors (Lipinski definition) is 0. The average molecular weight is 858 g/mol. The quantitative estimate of drug-likeness (QED) is 0.0590. The van der Waals surface area contributed by atoms with E-state index in [1.165, 1.54) is 115 Å². The second kappa shape index (κ2) is 27.2. The molecule has 0 aliphatic carbocycles. The Hall–Kier alpha value is -0.818. The van der Waals surface area contributed by atoms with Gasteiger partial charge in [0.1, 0.15) is 20.2 Å². The van der Waals surface area contributed by atoms with Gasteiger partial charge in [-0.05, 0) is 48.9 Å². The Labute approximate surface area is 296 Å². The van der Waals surface area contributed by atoms with Gasteiger partial charge in [-0.2, -0.15) is 0 Å². The Bertz CT molecular complexity index is 1120. The smallest absolute Gasteiger partial charge is 0.744 e. The van der Waals surface area contributed by atoms with Crippen molar-refractivity contribution in [1.82, 2.24) is 0 Å². The minimum atomic E-state index is -4.35. The van der Waals surface area contributed by atoms with Crippen molar-refractivity contribution >= 4 is 47.5 Å². The first-order valence-electron chi connectivity index (χ1n) is 17.2. The van der Waals surface area contributed by atoms with E-state index in [1.807, 2.05) is 0 Å². The Morgan fingerprint density at radius 2 is 0.667 bits per heavy atom. The van der Waals surface area contributed by atoms with Crippen molar-refractivity contribution in [1.29, 1.82) is 0 Å². The van der Waals surface area contributed by atoms with Gasteiger partial charge in [0, 0.05) is 0 Å². The minimum absolute atomic E-state index is 0. The Balaban J connectivity index is 0.000000842. The maximum Gasteiger partial charge on any atom is 2.00 e.